The summed E-state index contributed by atoms with van der Waals surface area (Å²) in [6, 6.07) is 36.1. The molecule has 2 amide bonds. The zero-order valence-corrected chi connectivity index (χ0v) is 45.4. The SMILES string of the molecule is C#Cc1ccccc1.C[C@@H](NC(=O)C1CCC(NS(=O)(=O)c2ccc(C#Cc3ccccc3)c([N+](=O)[O-])c2)CC1)c1ccc(F)cc1.C[C@@H](NC(=O)C1CCC(NS(=O)(=O)c2ccc(Cl)c([N+](=O)[O-])c2)CC1)c1ccc(F)cc1. The van der Waals surface area contributed by atoms with E-state index in [4.69, 9.17) is 18.0 Å². The van der Waals surface area contributed by atoms with Crippen molar-refractivity contribution in [2.24, 2.45) is 11.8 Å². The van der Waals surface area contributed by atoms with Crippen LogP contribution in [0.5, 0.6) is 0 Å². The second-order valence-electron chi connectivity index (χ2n) is 18.8. The largest absolute Gasteiger partial charge is 0.349 e. The number of amides is 2. The number of sulfonamides is 2. The Morgan fingerprint density at radius 2 is 0.962 bits per heavy atom. The molecule has 6 aromatic rings. The lowest BCUT2D eigenvalue weighted by Crippen LogP contribution is -2.41. The molecule has 0 spiro atoms. The van der Waals surface area contributed by atoms with E-state index < -0.39 is 47.3 Å². The van der Waals surface area contributed by atoms with Gasteiger partial charge in [-0.25, -0.2) is 35.1 Å². The highest BCUT2D eigenvalue weighted by atomic mass is 35.5. The highest BCUT2D eigenvalue weighted by molar-refractivity contribution is 7.89. The molecule has 0 aromatic heterocycles. The lowest BCUT2D eigenvalue weighted by molar-refractivity contribution is -0.385. The average molecular weight is 1140 g/mol. The lowest BCUT2D eigenvalue weighted by atomic mass is 9.85. The number of carbonyl (C=O) groups is 2. The highest BCUT2D eigenvalue weighted by Gasteiger charge is 2.32. The maximum Gasteiger partial charge on any atom is 0.289 e. The molecule has 6 aromatic carbocycles. The number of hydrogen-bond donors (Lipinski definition) is 4. The molecule has 8 rings (SSSR count). The minimum atomic E-state index is -4.03. The minimum absolute atomic E-state index is 0.115. The summed E-state index contributed by atoms with van der Waals surface area (Å²) >= 11 is 5.75. The molecule has 2 saturated carbocycles. The molecule has 0 saturated heterocycles. The van der Waals surface area contributed by atoms with Gasteiger partial charge in [0.05, 0.1) is 31.7 Å². The third-order valence-electron chi connectivity index (χ3n) is 13.3. The second-order valence-corrected chi connectivity index (χ2v) is 22.7. The van der Waals surface area contributed by atoms with E-state index in [9.17, 15) is 55.4 Å². The van der Waals surface area contributed by atoms with Crippen LogP contribution in [0, 0.1) is 67.9 Å². The molecule has 21 heteroatoms. The van der Waals surface area contributed by atoms with Crippen LogP contribution in [-0.2, 0) is 29.6 Å². The smallest absolute Gasteiger partial charge is 0.289 e. The van der Waals surface area contributed by atoms with Crippen LogP contribution in [0.1, 0.15) is 105 Å². The first-order chi connectivity index (χ1) is 37.6. The first-order valence-electron chi connectivity index (χ1n) is 25.1. The van der Waals surface area contributed by atoms with Crippen LogP contribution in [0.4, 0.5) is 20.2 Å². The van der Waals surface area contributed by atoms with Gasteiger partial charge in [0.2, 0.25) is 31.9 Å². The zero-order valence-electron chi connectivity index (χ0n) is 43.0. The molecule has 0 bridgehead atoms. The number of carbonyl (C=O) groups excluding carboxylic acids is 2. The van der Waals surface area contributed by atoms with Crippen LogP contribution in [0.2, 0.25) is 5.02 Å². The maximum atomic E-state index is 13.2. The Morgan fingerprint density at radius 3 is 1.35 bits per heavy atom. The maximum absolute atomic E-state index is 13.2. The standard InChI is InChI=1S/C29H28FN3O5S.C21H23ClFN3O5S.C8H6/c1-20(22-9-14-25(30)15-10-22)31-29(34)24-11-16-26(17-12-24)32-39(37,38)27-18-13-23(28(19-27)33(35)36)8-7-21-5-3-2-4-6-21;1-13(14-2-6-16(23)7-3-14)24-21(27)15-4-8-17(9-5-15)25-32(30,31)18-10-11-19(22)20(12-18)26(28)29;1-2-8-6-4-3-5-7-8/h2-6,9-10,13-15,18-20,24,26,32H,11-12,16-17H2,1H3,(H,31,34);2-3,6-7,10-13,15,17,25H,4-5,8-9H2,1H3,(H,24,27);1,3-7H/t20-,24?,26?;13-,15?,17?;/m11./s1. The van der Waals surface area contributed by atoms with Gasteiger partial charge in [0.1, 0.15) is 22.2 Å². The third-order valence-corrected chi connectivity index (χ3v) is 16.6. The number of hydrogen-bond acceptors (Lipinski definition) is 10. The van der Waals surface area contributed by atoms with Gasteiger partial charge in [0.15, 0.2) is 0 Å². The summed E-state index contributed by atoms with van der Waals surface area (Å²) in [6.45, 7) is 3.64. The van der Waals surface area contributed by atoms with Crippen molar-refractivity contribution in [3.05, 3.63) is 210 Å². The molecule has 412 valence electrons. The summed E-state index contributed by atoms with van der Waals surface area (Å²) in [5, 5.41) is 28.4. The number of halogens is 3. The van der Waals surface area contributed by atoms with Gasteiger partial charge in [0.25, 0.3) is 11.4 Å². The zero-order chi connectivity index (χ0) is 57.3. The number of nitrogens with zero attached hydrogens (tertiary/aromatic N) is 2. The number of terminal acetylenes is 1. The van der Waals surface area contributed by atoms with Crippen molar-refractivity contribution in [2.45, 2.75) is 99.2 Å². The van der Waals surface area contributed by atoms with E-state index in [1.807, 2.05) is 50.2 Å². The predicted molar refractivity (Wildman–Crippen MR) is 296 cm³/mol. The number of rotatable bonds is 14. The van der Waals surface area contributed by atoms with Gasteiger partial charge in [-0.1, -0.05) is 90.0 Å². The van der Waals surface area contributed by atoms with Gasteiger partial charge in [0, 0.05) is 47.2 Å². The summed E-state index contributed by atoms with van der Waals surface area (Å²) in [6.07, 6.45) is 8.88. The van der Waals surface area contributed by atoms with Crippen LogP contribution < -0.4 is 20.1 Å². The van der Waals surface area contributed by atoms with E-state index >= 15 is 0 Å². The van der Waals surface area contributed by atoms with E-state index in [1.165, 1.54) is 48.5 Å². The first kappa shape index (κ1) is 60.4. The molecule has 2 aliphatic rings. The fraction of sp³-hybridized carbons (Fsp3) is 0.276. The Hall–Kier alpha value is -7.85. The minimum Gasteiger partial charge on any atom is -0.349 e. The third kappa shape index (κ3) is 17.8. The quantitative estimate of drug-likeness (QED) is 0.0457. The average Bonchev–Trinajstić information content (AvgIpc) is 3.47. The molecule has 0 heterocycles. The molecule has 0 radical (unpaired) electrons. The second kappa shape index (κ2) is 28.2. The lowest BCUT2D eigenvalue weighted by Gasteiger charge is -2.29. The van der Waals surface area contributed by atoms with Crippen LogP contribution in [0.15, 0.2) is 155 Å². The Labute approximate surface area is 463 Å². The monoisotopic (exact) mass is 1130 g/mol. The molecule has 0 unspecified atom stereocenters. The highest BCUT2D eigenvalue weighted by Crippen LogP contribution is 2.31. The van der Waals surface area contributed by atoms with Gasteiger partial charge in [-0.3, -0.25) is 29.8 Å². The number of nitro groups is 2. The Balaban J connectivity index is 0.000000226. The Morgan fingerprint density at radius 1 is 0.570 bits per heavy atom. The van der Waals surface area contributed by atoms with Gasteiger partial charge in [-0.05, 0) is 149 Å². The molecular weight excluding hydrogens is 1080 g/mol. The fourth-order valence-corrected chi connectivity index (χ4v) is 11.6. The summed E-state index contributed by atoms with van der Waals surface area (Å²) < 4.78 is 82.8. The van der Waals surface area contributed by atoms with Crippen LogP contribution in [-0.4, -0.2) is 50.6 Å². The number of benzene rings is 6. The molecule has 4 N–H and O–H groups in total. The van der Waals surface area contributed by atoms with Crippen molar-refractivity contribution < 1.29 is 45.1 Å². The van der Waals surface area contributed by atoms with Crippen LogP contribution >= 0.6 is 11.6 Å². The van der Waals surface area contributed by atoms with E-state index in [0.717, 1.165) is 28.8 Å². The topological polar surface area (TPSA) is 237 Å². The van der Waals surface area contributed by atoms with Crippen molar-refractivity contribution >= 4 is 54.8 Å². The van der Waals surface area contributed by atoms with Crippen molar-refractivity contribution in [1.29, 1.82) is 0 Å². The summed E-state index contributed by atoms with van der Waals surface area (Å²) in [5.74, 6) is 6.66. The van der Waals surface area contributed by atoms with E-state index in [0.29, 0.717) is 56.9 Å². The van der Waals surface area contributed by atoms with Crippen molar-refractivity contribution in [3.8, 4) is 24.2 Å². The van der Waals surface area contributed by atoms with Crippen LogP contribution in [0.25, 0.3) is 0 Å². The normalized spacial score (nSPS) is 17.7. The van der Waals surface area contributed by atoms with Gasteiger partial charge >= 0.3 is 0 Å². The molecule has 2 aliphatic carbocycles. The van der Waals surface area contributed by atoms with Gasteiger partial charge in [-0.2, -0.15) is 0 Å². The summed E-state index contributed by atoms with van der Waals surface area (Å²) in [5.41, 5.74) is 2.44. The predicted octanol–water partition coefficient (Wildman–Crippen LogP) is 10.6. The number of nitro benzene ring substituents is 2. The van der Waals surface area contributed by atoms with Gasteiger partial charge < -0.3 is 10.6 Å². The molecule has 0 aliphatic heterocycles. The first-order valence-corrected chi connectivity index (χ1v) is 28.4. The molecular formula is C58H57ClF2N6O10S2. The summed E-state index contributed by atoms with van der Waals surface area (Å²) in [4.78, 5) is 46.2. The van der Waals surface area contributed by atoms with Crippen molar-refractivity contribution in [2.75, 3.05) is 0 Å². The van der Waals surface area contributed by atoms with Gasteiger partial charge in [-0.15, -0.1) is 6.42 Å². The molecule has 16 nitrogen and oxygen atoms in total. The van der Waals surface area contributed by atoms with E-state index in [-0.39, 0.29) is 73.8 Å². The number of nitrogens with one attached hydrogen (secondary N) is 4. The molecule has 2 atom stereocenters. The van der Waals surface area contributed by atoms with Crippen molar-refractivity contribution in [1.82, 2.24) is 20.1 Å². The van der Waals surface area contributed by atoms with Crippen molar-refractivity contribution in [3.63, 3.8) is 0 Å². The fourth-order valence-electron chi connectivity index (χ4n) is 8.78. The van der Waals surface area contributed by atoms with Crippen LogP contribution in [0.3, 0.4) is 0 Å². The summed E-state index contributed by atoms with van der Waals surface area (Å²) in [7, 11) is -8.00. The molecule has 2 fully saturated rings. The molecule has 79 heavy (non-hydrogen) atoms. The van der Waals surface area contributed by atoms with E-state index in [1.54, 1.807) is 48.5 Å². The van der Waals surface area contributed by atoms with E-state index in [2.05, 4.69) is 37.8 Å². The Kier molecular flexibility index (Phi) is 21.5. The Bertz CT molecular complexity index is 3440.